The van der Waals surface area contributed by atoms with E-state index in [0.717, 1.165) is 18.8 Å². The minimum Gasteiger partial charge on any atom is -0.394 e. The Kier molecular flexibility index (Phi) is 4.60. The zero-order valence-electron chi connectivity index (χ0n) is 13.5. The molecule has 2 aromatic rings. The van der Waals surface area contributed by atoms with Crippen molar-refractivity contribution < 1.29 is 5.11 Å². The fourth-order valence-electron chi connectivity index (χ4n) is 3.55. The second-order valence-electron chi connectivity index (χ2n) is 6.14. The molecule has 0 bridgehead atoms. The number of aryl methyl sites for hydroxylation is 1. The van der Waals surface area contributed by atoms with Gasteiger partial charge in [-0.25, -0.2) is 0 Å². The number of aliphatic hydroxyl groups is 1. The summed E-state index contributed by atoms with van der Waals surface area (Å²) in [5.74, 6) is 0. The summed E-state index contributed by atoms with van der Waals surface area (Å²) in [7, 11) is 0. The third kappa shape index (κ3) is 2.94. The number of aromatic nitrogens is 2. The highest BCUT2D eigenvalue weighted by atomic mass is 16.3. The first-order chi connectivity index (χ1) is 10.7. The van der Waals surface area contributed by atoms with E-state index in [1.165, 1.54) is 29.7 Å². The number of nitrogens with zero attached hydrogens (tertiary/aromatic N) is 3. The molecule has 2 heterocycles. The van der Waals surface area contributed by atoms with E-state index in [2.05, 4.69) is 54.2 Å². The molecule has 1 aromatic carbocycles. The van der Waals surface area contributed by atoms with Gasteiger partial charge >= 0.3 is 0 Å². The summed E-state index contributed by atoms with van der Waals surface area (Å²) in [5.41, 5.74) is 5.00. The van der Waals surface area contributed by atoms with Gasteiger partial charge in [-0.2, -0.15) is 5.10 Å². The van der Waals surface area contributed by atoms with Crippen LogP contribution < -0.4 is 0 Å². The molecule has 1 aromatic heterocycles. The Morgan fingerprint density at radius 3 is 2.73 bits per heavy atom. The molecule has 0 radical (unpaired) electrons. The highest BCUT2D eigenvalue weighted by Crippen LogP contribution is 2.33. The lowest BCUT2D eigenvalue weighted by molar-refractivity contribution is 0.247. The lowest BCUT2D eigenvalue weighted by atomic mass is 10.0. The molecular weight excluding hydrogens is 274 g/mol. The van der Waals surface area contributed by atoms with Gasteiger partial charge in [0.25, 0.3) is 0 Å². The van der Waals surface area contributed by atoms with Crippen LogP contribution in [0.15, 0.2) is 30.3 Å². The van der Waals surface area contributed by atoms with Gasteiger partial charge in [0.05, 0.1) is 18.8 Å². The van der Waals surface area contributed by atoms with E-state index in [9.17, 15) is 0 Å². The Hall–Kier alpha value is -1.65. The van der Waals surface area contributed by atoms with Gasteiger partial charge in [-0.1, -0.05) is 30.3 Å². The van der Waals surface area contributed by atoms with Gasteiger partial charge in [-0.15, -0.1) is 0 Å². The van der Waals surface area contributed by atoms with Gasteiger partial charge in [0.1, 0.15) is 0 Å². The summed E-state index contributed by atoms with van der Waals surface area (Å²) < 4.78 is 1.93. The van der Waals surface area contributed by atoms with Crippen molar-refractivity contribution in [2.24, 2.45) is 0 Å². The summed E-state index contributed by atoms with van der Waals surface area (Å²) in [5, 5.41) is 13.7. The maximum absolute atomic E-state index is 9.15. The minimum absolute atomic E-state index is 0.137. The largest absolute Gasteiger partial charge is 0.394 e. The van der Waals surface area contributed by atoms with Crippen molar-refractivity contribution in [3.63, 3.8) is 0 Å². The molecule has 4 nitrogen and oxygen atoms in total. The van der Waals surface area contributed by atoms with Crippen LogP contribution in [0.1, 0.15) is 41.4 Å². The van der Waals surface area contributed by atoms with Gasteiger partial charge in [-0.3, -0.25) is 9.58 Å². The molecule has 1 aliphatic rings. The second kappa shape index (κ2) is 6.63. The molecule has 0 amide bonds. The number of hydrogen-bond donors (Lipinski definition) is 1. The third-order valence-corrected chi connectivity index (χ3v) is 4.75. The number of benzene rings is 1. The average molecular weight is 299 g/mol. The van der Waals surface area contributed by atoms with Crippen LogP contribution in [-0.2, 0) is 13.1 Å². The zero-order chi connectivity index (χ0) is 15.5. The molecule has 1 atom stereocenters. The molecule has 118 valence electrons. The van der Waals surface area contributed by atoms with Crippen LogP contribution in [0.25, 0.3) is 0 Å². The Balaban J connectivity index is 1.80. The lowest BCUT2D eigenvalue weighted by Crippen LogP contribution is -2.23. The lowest BCUT2D eigenvalue weighted by Gasteiger charge is -2.25. The molecule has 0 saturated carbocycles. The first kappa shape index (κ1) is 15.3. The summed E-state index contributed by atoms with van der Waals surface area (Å²) in [6.45, 7) is 6.99. The molecule has 4 heteroatoms. The molecule has 1 saturated heterocycles. The van der Waals surface area contributed by atoms with Crippen molar-refractivity contribution in [3.8, 4) is 0 Å². The monoisotopic (exact) mass is 299 g/mol. The van der Waals surface area contributed by atoms with E-state index < -0.39 is 0 Å². The Labute approximate surface area is 132 Å². The normalized spacial score (nSPS) is 19.0. The number of hydrogen-bond acceptors (Lipinski definition) is 3. The fraction of sp³-hybridized carbons (Fsp3) is 0.500. The van der Waals surface area contributed by atoms with Gasteiger partial charge in [0.15, 0.2) is 0 Å². The van der Waals surface area contributed by atoms with Gasteiger partial charge < -0.3 is 5.11 Å². The summed E-state index contributed by atoms with van der Waals surface area (Å²) in [6, 6.07) is 11.3. The van der Waals surface area contributed by atoms with Crippen molar-refractivity contribution in [1.29, 1.82) is 0 Å². The Bertz CT molecular complexity index is 621. The fourth-order valence-corrected chi connectivity index (χ4v) is 3.55. The highest BCUT2D eigenvalue weighted by Gasteiger charge is 2.27. The Morgan fingerprint density at radius 2 is 2.00 bits per heavy atom. The number of aliphatic hydroxyl groups excluding tert-OH is 1. The number of likely N-dealkylation sites (tertiary alicyclic amines) is 1. The van der Waals surface area contributed by atoms with E-state index >= 15 is 0 Å². The number of rotatable bonds is 5. The molecule has 0 aliphatic carbocycles. The van der Waals surface area contributed by atoms with Crippen LogP contribution in [0.2, 0.25) is 0 Å². The van der Waals surface area contributed by atoms with Crippen LogP contribution in [0.5, 0.6) is 0 Å². The highest BCUT2D eigenvalue weighted by molar-refractivity contribution is 5.26. The molecule has 3 rings (SSSR count). The van der Waals surface area contributed by atoms with Crippen molar-refractivity contribution in [2.45, 2.75) is 45.8 Å². The molecular formula is C18H25N3O. The van der Waals surface area contributed by atoms with Crippen LogP contribution in [0, 0.1) is 13.8 Å². The SMILES string of the molecule is Cc1nn(CCO)c(C)c1CN1CCCC1c1ccccc1. The summed E-state index contributed by atoms with van der Waals surface area (Å²) in [4.78, 5) is 2.57. The molecule has 0 spiro atoms. The minimum atomic E-state index is 0.137. The maximum Gasteiger partial charge on any atom is 0.0644 e. The van der Waals surface area contributed by atoms with E-state index in [0.29, 0.717) is 12.6 Å². The standard InChI is InChI=1S/C18H25N3O/c1-14-17(15(2)21(19-14)11-12-22)13-20-10-6-9-18(20)16-7-4-3-5-8-16/h3-5,7-8,18,22H,6,9-13H2,1-2H3. The first-order valence-corrected chi connectivity index (χ1v) is 8.13. The molecule has 1 aliphatic heterocycles. The molecule has 1 N–H and O–H groups in total. The second-order valence-corrected chi connectivity index (χ2v) is 6.14. The van der Waals surface area contributed by atoms with Crippen molar-refractivity contribution >= 4 is 0 Å². The van der Waals surface area contributed by atoms with Crippen molar-refractivity contribution in [1.82, 2.24) is 14.7 Å². The van der Waals surface area contributed by atoms with Gasteiger partial charge in [0.2, 0.25) is 0 Å². The van der Waals surface area contributed by atoms with E-state index in [-0.39, 0.29) is 6.61 Å². The summed E-state index contributed by atoms with van der Waals surface area (Å²) in [6.07, 6.45) is 2.48. The smallest absolute Gasteiger partial charge is 0.0644 e. The summed E-state index contributed by atoms with van der Waals surface area (Å²) >= 11 is 0. The molecule has 1 fully saturated rings. The van der Waals surface area contributed by atoms with E-state index in [1.54, 1.807) is 0 Å². The molecule has 22 heavy (non-hydrogen) atoms. The van der Waals surface area contributed by atoms with Gasteiger partial charge in [-0.05, 0) is 38.8 Å². The van der Waals surface area contributed by atoms with Crippen LogP contribution >= 0.6 is 0 Å². The predicted molar refractivity (Wildman–Crippen MR) is 87.6 cm³/mol. The van der Waals surface area contributed by atoms with E-state index in [4.69, 9.17) is 5.11 Å². The van der Waals surface area contributed by atoms with Crippen molar-refractivity contribution in [3.05, 3.63) is 52.8 Å². The van der Waals surface area contributed by atoms with Crippen LogP contribution in [0.3, 0.4) is 0 Å². The Morgan fingerprint density at radius 1 is 1.23 bits per heavy atom. The zero-order valence-corrected chi connectivity index (χ0v) is 13.5. The van der Waals surface area contributed by atoms with Crippen molar-refractivity contribution in [2.75, 3.05) is 13.2 Å². The van der Waals surface area contributed by atoms with Gasteiger partial charge in [0, 0.05) is 23.8 Å². The third-order valence-electron chi connectivity index (χ3n) is 4.75. The predicted octanol–water partition coefficient (Wildman–Crippen LogP) is 2.83. The quantitative estimate of drug-likeness (QED) is 0.923. The van der Waals surface area contributed by atoms with E-state index in [1.807, 2.05) is 4.68 Å². The van der Waals surface area contributed by atoms with Crippen LogP contribution in [-0.4, -0.2) is 32.9 Å². The maximum atomic E-state index is 9.15. The topological polar surface area (TPSA) is 41.3 Å². The average Bonchev–Trinajstić information content (AvgIpc) is 3.09. The first-order valence-electron chi connectivity index (χ1n) is 8.13. The molecule has 1 unspecified atom stereocenters. The van der Waals surface area contributed by atoms with Crippen LogP contribution in [0.4, 0.5) is 0 Å².